The number of hydrogen-bond acceptors (Lipinski definition) is 3. The zero-order valence-corrected chi connectivity index (χ0v) is 9.91. The van der Waals surface area contributed by atoms with Gasteiger partial charge in [0.2, 0.25) is 5.91 Å². The number of carboxylic acid groups (broad SMARTS) is 1. The summed E-state index contributed by atoms with van der Waals surface area (Å²) in [5.74, 6) is -1.44. The molecular weight excluding hydrogens is 226 g/mol. The average Bonchev–Trinajstić information content (AvgIpc) is 2.25. The molecule has 2 atom stereocenters. The molecule has 16 heavy (non-hydrogen) atoms. The molecule has 5 heteroatoms. The Balaban J connectivity index is 2.77. The monoisotopic (exact) mass is 241 g/mol. The molecule has 0 fully saturated rings. The second kappa shape index (κ2) is 5.75. The number of aliphatic carboxylic acids is 1. The number of rotatable bonds is 4. The maximum Gasteiger partial charge on any atom is 0.327 e. The molecule has 0 heterocycles. The van der Waals surface area contributed by atoms with Gasteiger partial charge in [-0.25, -0.2) is 4.79 Å². The van der Waals surface area contributed by atoms with E-state index in [2.05, 4.69) is 17.9 Å². The summed E-state index contributed by atoms with van der Waals surface area (Å²) in [6, 6.07) is -0.991. The molecule has 0 aromatic rings. The predicted molar refractivity (Wildman–Crippen MR) is 64.5 cm³/mol. The SMILES string of the molecule is CC(=O)NC(C(=O)O)C(S)C1=CCCC=C1. The molecule has 4 nitrogen and oxygen atoms in total. The maximum atomic E-state index is 11.0. The van der Waals surface area contributed by atoms with Crippen LogP contribution < -0.4 is 5.32 Å². The molecule has 88 valence electrons. The Bertz CT molecular complexity index is 349. The summed E-state index contributed by atoms with van der Waals surface area (Å²) >= 11 is 4.27. The molecule has 1 rings (SSSR count). The number of nitrogens with one attached hydrogen (secondary N) is 1. The van der Waals surface area contributed by atoms with Crippen molar-refractivity contribution in [1.82, 2.24) is 5.32 Å². The number of thiol groups is 1. The lowest BCUT2D eigenvalue weighted by Crippen LogP contribution is -2.46. The summed E-state index contributed by atoms with van der Waals surface area (Å²) in [5, 5.41) is 10.9. The fourth-order valence-electron chi connectivity index (χ4n) is 1.54. The van der Waals surface area contributed by atoms with E-state index in [0.29, 0.717) is 0 Å². The smallest absolute Gasteiger partial charge is 0.327 e. The van der Waals surface area contributed by atoms with Gasteiger partial charge < -0.3 is 10.4 Å². The highest BCUT2D eigenvalue weighted by Gasteiger charge is 2.28. The average molecular weight is 241 g/mol. The summed E-state index contributed by atoms with van der Waals surface area (Å²) < 4.78 is 0. The molecule has 0 bridgehead atoms. The Kier molecular flexibility index (Phi) is 4.61. The molecule has 0 saturated heterocycles. The first-order valence-electron chi connectivity index (χ1n) is 5.07. The van der Waals surface area contributed by atoms with E-state index in [9.17, 15) is 9.59 Å². The van der Waals surface area contributed by atoms with Crippen LogP contribution in [-0.4, -0.2) is 28.3 Å². The van der Waals surface area contributed by atoms with Gasteiger partial charge in [0.05, 0.1) is 5.25 Å². The van der Waals surface area contributed by atoms with Crippen molar-refractivity contribution in [3.05, 3.63) is 23.8 Å². The van der Waals surface area contributed by atoms with Gasteiger partial charge in [-0.15, -0.1) is 0 Å². The molecule has 1 aliphatic rings. The van der Waals surface area contributed by atoms with Gasteiger partial charge in [-0.05, 0) is 18.4 Å². The van der Waals surface area contributed by atoms with Gasteiger partial charge in [0, 0.05) is 6.92 Å². The second-order valence-electron chi connectivity index (χ2n) is 3.65. The van der Waals surface area contributed by atoms with E-state index in [-0.39, 0.29) is 5.91 Å². The van der Waals surface area contributed by atoms with Crippen LogP contribution in [0.1, 0.15) is 19.8 Å². The second-order valence-corrected chi connectivity index (χ2v) is 4.20. The van der Waals surface area contributed by atoms with Crippen LogP contribution >= 0.6 is 12.6 Å². The summed E-state index contributed by atoms with van der Waals surface area (Å²) in [7, 11) is 0. The van der Waals surface area contributed by atoms with Gasteiger partial charge in [0.25, 0.3) is 0 Å². The zero-order valence-electron chi connectivity index (χ0n) is 9.01. The van der Waals surface area contributed by atoms with Crippen LogP contribution in [0.5, 0.6) is 0 Å². The Hall–Kier alpha value is -1.23. The first-order chi connectivity index (χ1) is 7.52. The minimum absolute atomic E-state index is 0.369. The third kappa shape index (κ3) is 3.41. The minimum atomic E-state index is -1.07. The molecule has 0 aromatic carbocycles. The molecule has 2 unspecified atom stereocenters. The lowest BCUT2D eigenvalue weighted by atomic mass is 9.99. The summed E-state index contributed by atoms with van der Waals surface area (Å²) in [4.78, 5) is 21.9. The third-order valence-corrected chi connectivity index (χ3v) is 2.90. The van der Waals surface area contributed by atoms with Crippen molar-refractivity contribution in [2.24, 2.45) is 0 Å². The van der Waals surface area contributed by atoms with Gasteiger partial charge in [0.1, 0.15) is 6.04 Å². The molecule has 0 aliphatic heterocycles. The largest absolute Gasteiger partial charge is 0.480 e. The van der Waals surface area contributed by atoms with E-state index in [1.54, 1.807) is 0 Å². The van der Waals surface area contributed by atoms with Crippen LogP contribution in [0.4, 0.5) is 0 Å². The molecule has 1 aliphatic carbocycles. The van der Waals surface area contributed by atoms with E-state index in [0.717, 1.165) is 18.4 Å². The fraction of sp³-hybridized carbons (Fsp3) is 0.455. The fourth-order valence-corrected chi connectivity index (χ4v) is 1.93. The van der Waals surface area contributed by atoms with Crippen LogP contribution in [0.25, 0.3) is 0 Å². The van der Waals surface area contributed by atoms with Gasteiger partial charge in [-0.1, -0.05) is 18.2 Å². The van der Waals surface area contributed by atoms with E-state index in [1.165, 1.54) is 6.92 Å². The lowest BCUT2D eigenvalue weighted by Gasteiger charge is -2.22. The van der Waals surface area contributed by atoms with Crippen LogP contribution in [0.3, 0.4) is 0 Å². The van der Waals surface area contributed by atoms with Crippen molar-refractivity contribution < 1.29 is 14.7 Å². The number of carbonyl (C=O) groups is 2. The van der Waals surface area contributed by atoms with Crippen LogP contribution in [0.15, 0.2) is 23.8 Å². The predicted octanol–water partition coefficient (Wildman–Crippen LogP) is 1.15. The molecule has 0 spiro atoms. The standard InChI is InChI=1S/C11H15NO3S/c1-7(13)12-9(11(14)15)10(16)8-5-3-2-4-6-8/h3,5-6,9-10,16H,2,4H2,1H3,(H,12,13)(H,14,15). The van der Waals surface area contributed by atoms with Gasteiger partial charge in [-0.3, -0.25) is 4.79 Å². The van der Waals surface area contributed by atoms with Gasteiger partial charge in [-0.2, -0.15) is 12.6 Å². The number of carboxylic acids is 1. The molecule has 0 radical (unpaired) electrons. The third-order valence-electron chi connectivity index (χ3n) is 2.31. The normalized spacial score (nSPS) is 18.5. The van der Waals surface area contributed by atoms with E-state index in [4.69, 9.17) is 5.11 Å². The number of carbonyl (C=O) groups excluding carboxylic acids is 1. The Labute approximate surface area is 99.8 Å². The molecule has 2 N–H and O–H groups in total. The van der Waals surface area contributed by atoms with Gasteiger partial charge in [0.15, 0.2) is 0 Å². The summed E-state index contributed by atoms with van der Waals surface area (Å²) in [5.41, 5.74) is 0.843. The molecule has 1 amide bonds. The highest BCUT2D eigenvalue weighted by atomic mass is 32.1. The number of allylic oxidation sites excluding steroid dienone is 3. The van der Waals surface area contributed by atoms with Crippen LogP contribution in [-0.2, 0) is 9.59 Å². The first kappa shape index (κ1) is 12.8. The van der Waals surface area contributed by atoms with Crippen LogP contribution in [0, 0.1) is 0 Å². The first-order valence-corrected chi connectivity index (χ1v) is 5.58. The lowest BCUT2D eigenvalue weighted by molar-refractivity contribution is -0.141. The number of hydrogen-bond donors (Lipinski definition) is 3. The van der Waals surface area contributed by atoms with Crippen LogP contribution in [0.2, 0.25) is 0 Å². The van der Waals surface area contributed by atoms with E-state index in [1.807, 2.05) is 18.2 Å². The Morgan fingerprint density at radius 3 is 2.62 bits per heavy atom. The van der Waals surface area contributed by atoms with Crippen molar-refractivity contribution in [3.8, 4) is 0 Å². The molecule has 0 aromatic heterocycles. The highest BCUT2D eigenvalue weighted by Crippen LogP contribution is 2.20. The number of amides is 1. The van der Waals surface area contributed by atoms with E-state index < -0.39 is 17.3 Å². The van der Waals surface area contributed by atoms with Gasteiger partial charge >= 0.3 is 5.97 Å². The quantitative estimate of drug-likeness (QED) is 0.647. The van der Waals surface area contributed by atoms with E-state index >= 15 is 0 Å². The summed E-state index contributed by atoms with van der Waals surface area (Å²) in [6.07, 6.45) is 7.64. The molecule has 0 saturated carbocycles. The van der Waals surface area contributed by atoms with Crippen molar-refractivity contribution in [1.29, 1.82) is 0 Å². The minimum Gasteiger partial charge on any atom is -0.480 e. The summed E-state index contributed by atoms with van der Waals surface area (Å²) in [6.45, 7) is 1.29. The highest BCUT2D eigenvalue weighted by molar-refractivity contribution is 7.81. The maximum absolute atomic E-state index is 11.0. The van der Waals surface area contributed by atoms with Crippen molar-refractivity contribution in [2.75, 3.05) is 0 Å². The Morgan fingerprint density at radius 2 is 2.19 bits per heavy atom. The van der Waals surface area contributed by atoms with Crippen molar-refractivity contribution in [2.45, 2.75) is 31.1 Å². The van der Waals surface area contributed by atoms with Crippen molar-refractivity contribution in [3.63, 3.8) is 0 Å². The van der Waals surface area contributed by atoms with Crippen molar-refractivity contribution >= 4 is 24.5 Å². The topological polar surface area (TPSA) is 66.4 Å². The zero-order chi connectivity index (χ0) is 12.1. The molecular formula is C11H15NO3S. The Morgan fingerprint density at radius 1 is 1.50 bits per heavy atom.